The molecule has 1 saturated heterocycles. The molecule has 0 N–H and O–H groups in total. The van der Waals surface area contributed by atoms with Crippen molar-refractivity contribution in [2.24, 2.45) is 0 Å². The molecule has 106 valence electrons. The van der Waals surface area contributed by atoms with Gasteiger partial charge in [-0.2, -0.15) is 5.26 Å². The molecule has 7 nitrogen and oxygen atoms in total. The zero-order valence-corrected chi connectivity index (χ0v) is 10.8. The smallest absolute Gasteiger partial charge is 0.312 e. The van der Waals surface area contributed by atoms with Crippen molar-refractivity contribution in [3.05, 3.63) is 33.9 Å². The fourth-order valence-electron chi connectivity index (χ4n) is 1.82. The van der Waals surface area contributed by atoms with Crippen LogP contribution in [-0.2, 0) is 9.47 Å². The van der Waals surface area contributed by atoms with Crippen LogP contribution < -0.4 is 4.74 Å². The van der Waals surface area contributed by atoms with Crippen LogP contribution in [0, 0.1) is 21.4 Å². The predicted molar refractivity (Wildman–Crippen MR) is 68.2 cm³/mol. The first-order chi connectivity index (χ1) is 9.70. The minimum atomic E-state index is -0.566. The lowest BCUT2D eigenvalue weighted by Crippen LogP contribution is -2.26. The zero-order valence-electron chi connectivity index (χ0n) is 10.8. The van der Waals surface area contributed by atoms with Gasteiger partial charge < -0.3 is 14.2 Å². The van der Waals surface area contributed by atoms with Crippen LogP contribution in [-0.4, -0.2) is 31.0 Å². The Bertz CT molecular complexity index is 520. The highest BCUT2D eigenvalue weighted by Gasteiger charge is 2.18. The number of hydrogen-bond donors (Lipinski definition) is 0. The first-order valence-corrected chi connectivity index (χ1v) is 6.25. The quantitative estimate of drug-likeness (QED) is 0.604. The van der Waals surface area contributed by atoms with Crippen LogP contribution in [0.3, 0.4) is 0 Å². The number of hydrogen-bond acceptors (Lipinski definition) is 6. The lowest BCUT2D eigenvalue weighted by atomic mass is 10.2. The molecule has 0 aromatic heterocycles. The van der Waals surface area contributed by atoms with Crippen LogP contribution in [0.5, 0.6) is 5.75 Å². The molecule has 0 spiro atoms. The molecule has 0 aliphatic carbocycles. The first kappa shape index (κ1) is 14.2. The van der Waals surface area contributed by atoms with Gasteiger partial charge in [0.2, 0.25) is 0 Å². The van der Waals surface area contributed by atoms with Crippen LogP contribution in [0.15, 0.2) is 18.2 Å². The molecule has 1 heterocycles. The van der Waals surface area contributed by atoms with Gasteiger partial charge in [0, 0.05) is 12.5 Å². The number of nitro benzene ring substituents is 1. The number of nitrogens with zero attached hydrogens (tertiary/aromatic N) is 2. The molecule has 0 saturated carbocycles. The summed E-state index contributed by atoms with van der Waals surface area (Å²) in [4.78, 5) is 10.4. The molecule has 0 atom stereocenters. The summed E-state index contributed by atoms with van der Waals surface area (Å²) in [5.74, 6) is 0.143. The maximum absolute atomic E-state index is 10.9. The Balaban J connectivity index is 1.94. The van der Waals surface area contributed by atoms with E-state index in [1.165, 1.54) is 18.2 Å². The van der Waals surface area contributed by atoms with Crippen molar-refractivity contribution in [1.29, 1.82) is 5.26 Å². The first-order valence-electron chi connectivity index (χ1n) is 6.25. The summed E-state index contributed by atoms with van der Waals surface area (Å²) in [5, 5.41) is 19.7. The second-order valence-electron chi connectivity index (χ2n) is 4.21. The highest BCUT2D eigenvalue weighted by molar-refractivity contribution is 5.51. The van der Waals surface area contributed by atoms with Crippen molar-refractivity contribution in [1.82, 2.24) is 0 Å². The molecule has 0 bridgehead atoms. The second-order valence-corrected chi connectivity index (χ2v) is 4.21. The summed E-state index contributed by atoms with van der Waals surface area (Å²) in [7, 11) is 0. The van der Waals surface area contributed by atoms with E-state index >= 15 is 0 Å². The van der Waals surface area contributed by atoms with Gasteiger partial charge in [-0.1, -0.05) is 0 Å². The Kier molecular flexibility index (Phi) is 4.87. The summed E-state index contributed by atoms with van der Waals surface area (Å²) in [6.45, 7) is 1.56. The lowest BCUT2D eigenvalue weighted by Gasteiger charge is -2.22. The Hall–Kier alpha value is -2.17. The molecule has 1 aromatic rings. The average Bonchev–Trinajstić information content (AvgIpc) is 2.48. The van der Waals surface area contributed by atoms with Gasteiger partial charge in [-0.05, 0) is 18.6 Å². The van der Waals surface area contributed by atoms with E-state index in [9.17, 15) is 10.1 Å². The van der Waals surface area contributed by atoms with Crippen molar-refractivity contribution < 1.29 is 19.1 Å². The fraction of sp³-hybridized carbons (Fsp3) is 0.462. The molecule has 20 heavy (non-hydrogen) atoms. The zero-order chi connectivity index (χ0) is 14.4. The van der Waals surface area contributed by atoms with Crippen LogP contribution in [0.2, 0.25) is 0 Å². The summed E-state index contributed by atoms with van der Waals surface area (Å²) < 4.78 is 16.1. The second kappa shape index (κ2) is 6.84. The van der Waals surface area contributed by atoms with Gasteiger partial charge in [0.15, 0.2) is 12.0 Å². The van der Waals surface area contributed by atoms with Gasteiger partial charge in [-0.15, -0.1) is 0 Å². The van der Waals surface area contributed by atoms with Gasteiger partial charge in [-0.3, -0.25) is 10.1 Å². The maximum Gasteiger partial charge on any atom is 0.312 e. The van der Waals surface area contributed by atoms with Gasteiger partial charge in [0.05, 0.1) is 36.4 Å². The van der Waals surface area contributed by atoms with Gasteiger partial charge in [0.25, 0.3) is 0 Å². The molecule has 0 amide bonds. The van der Waals surface area contributed by atoms with E-state index in [1.54, 1.807) is 0 Å². The van der Waals surface area contributed by atoms with E-state index in [-0.39, 0.29) is 29.9 Å². The van der Waals surface area contributed by atoms with Gasteiger partial charge >= 0.3 is 5.69 Å². The average molecular weight is 278 g/mol. The Morgan fingerprint density at radius 3 is 2.85 bits per heavy atom. The normalized spacial score (nSPS) is 15.6. The van der Waals surface area contributed by atoms with Crippen molar-refractivity contribution >= 4 is 5.69 Å². The summed E-state index contributed by atoms with van der Waals surface area (Å²) in [6.07, 6.45) is 1.05. The van der Waals surface area contributed by atoms with E-state index < -0.39 is 4.92 Å². The topological polar surface area (TPSA) is 94.6 Å². The van der Waals surface area contributed by atoms with E-state index in [2.05, 4.69) is 0 Å². The maximum atomic E-state index is 10.9. The van der Waals surface area contributed by atoms with Crippen molar-refractivity contribution in [3.63, 3.8) is 0 Å². The highest BCUT2D eigenvalue weighted by Crippen LogP contribution is 2.28. The molecule has 7 heteroatoms. The SMILES string of the molecule is N#Cc1ccc(OCCC2OCCCO2)c([N+](=O)[O-])c1. The highest BCUT2D eigenvalue weighted by atomic mass is 16.7. The third kappa shape index (κ3) is 3.66. The molecular weight excluding hydrogens is 264 g/mol. The Morgan fingerprint density at radius 2 is 2.20 bits per heavy atom. The standard InChI is InChI=1S/C13H14N2O5/c14-9-10-2-3-12(11(8-10)15(16)17)18-7-4-13-19-5-1-6-20-13/h2-3,8,13H,1,4-7H2. The minimum absolute atomic E-state index is 0.143. The molecule has 2 rings (SSSR count). The summed E-state index contributed by atoms with van der Waals surface area (Å²) >= 11 is 0. The third-order valence-electron chi connectivity index (χ3n) is 2.79. The molecule has 1 aromatic carbocycles. The number of ether oxygens (including phenoxy) is 3. The Labute approximate surface area is 115 Å². The van der Waals surface area contributed by atoms with Crippen LogP contribution >= 0.6 is 0 Å². The lowest BCUT2D eigenvalue weighted by molar-refractivity contribution is -0.385. The van der Waals surface area contributed by atoms with Crippen molar-refractivity contribution in [2.45, 2.75) is 19.1 Å². The molecule has 0 unspecified atom stereocenters. The van der Waals surface area contributed by atoms with Gasteiger partial charge in [-0.25, -0.2) is 0 Å². The van der Waals surface area contributed by atoms with E-state index in [1.807, 2.05) is 6.07 Å². The molecule has 0 radical (unpaired) electrons. The minimum Gasteiger partial charge on any atom is -0.487 e. The number of benzene rings is 1. The third-order valence-corrected chi connectivity index (χ3v) is 2.79. The number of rotatable bonds is 5. The molecule has 1 aliphatic rings. The monoisotopic (exact) mass is 278 g/mol. The predicted octanol–water partition coefficient (Wildman–Crippen LogP) is 2.00. The number of nitriles is 1. The van der Waals surface area contributed by atoms with E-state index in [0.717, 1.165) is 6.42 Å². The van der Waals surface area contributed by atoms with Crippen molar-refractivity contribution in [2.75, 3.05) is 19.8 Å². The number of nitro groups is 1. The summed E-state index contributed by atoms with van der Waals surface area (Å²) in [5.41, 5.74) is 0.0116. The van der Waals surface area contributed by atoms with E-state index in [0.29, 0.717) is 19.6 Å². The van der Waals surface area contributed by atoms with Crippen LogP contribution in [0.25, 0.3) is 0 Å². The Morgan fingerprint density at radius 1 is 1.45 bits per heavy atom. The van der Waals surface area contributed by atoms with E-state index in [4.69, 9.17) is 19.5 Å². The van der Waals surface area contributed by atoms with Gasteiger partial charge in [0.1, 0.15) is 0 Å². The van der Waals surface area contributed by atoms with Crippen molar-refractivity contribution in [3.8, 4) is 11.8 Å². The van der Waals surface area contributed by atoms with Crippen LogP contribution in [0.4, 0.5) is 5.69 Å². The fourth-order valence-corrected chi connectivity index (χ4v) is 1.82. The molecular formula is C13H14N2O5. The summed E-state index contributed by atoms with van der Waals surface area (Å²) in [6, 6.07) is 5.97. The molecule has 1 aliphatic heterocycles. The largest absolute Gasteiger partial charge is 0.487 e. The molecule has 1 fully saturated rings. The van der Waals surface area contributed by atoms with Crippen LogP contribution in [0.1, 0.15) is 18.4 Å².